The van der Waals surface area contributed by atoms with E-state index in [0.717, 1.165) is 12.8 Å². The van der Waals surface area contributed by atoms with E-state index in [0.29, 0.717) is 30.1 Å². The van der Waals surface area contributed by atoms with Crippen LogP contribution in [0.5, 0.6) is 0 Å². The molecule has 1 fully saturated rings. The van der Waals surface area contributed by atoms with Gasteiger partial charge >= 0.3 is 0 Å². The number of fused-ring (bicyclic) bond motifs is 1. The molecular formula is C12H14N2O3S. The van der Waals surface area contributed by atoms with Gasteiger partial charge in [0, 0.05) is 26.1 Å². The molecule has 0 spiro atoms. The maximum absolute atomic E-state index is 12.3. The molecule has 0 amide bonds. The van der Waals surface area contributed by atoms with Crippen LogP contribution in [0.4, 0.5) is 0 Å². The first-order chi connectivity index (χ1) is 8.57. The second-order valence-electron chi connectivity index (χ2n) is 4.47. The molecule has 0 radical (unpaired) electrons. The van der Waals surface area contributed by atoms with Crippen molar-refractivity contribution in [2.24, 2.45) is 0 Å². The molecule has 1 aliphatic rings. The van der Waals surface area contributed by atoms with Crippen molar-refractivity contribution in [3.05, 3.63) is 24.1 Å². The minimum absolute atomic E-state index is 0.285. The third kappa shape index (κ3) is 1.81. The highest BCUT2D eigenvalue weighted by Crippen LogP contribution is 2.24. The predicted molar refractivity (Wildman–Crippen MR) is 66.7 cm³/mol. The zero-order chi connectivity index (χ0) is 12.8. The average molecular weight is 266 g/mol. The van der Waals surface area contributed by atoms with E-state index in [1.54, 1.807) is 25.1 Å². The van der Waals surface area contributed by atoms with Crippen LogP contribution in [0.1, 0.15) is 18.7 Å². The normalized spacial score (nSPS) is 17.6. The summed E-state index contributed by atoms with van der Waals surface area (Å²) in [5.74, 6) is 0.542. The Kier molecular flexibility index (Phi) is 2.64. The van der Waals surface area contributed by atoms with Crippen molar-refractivity contribution in [1.82, 2.24) is 9.29 Å². The summed E-state index contributed by atoms with van der Waals surface area (Å²) in [6, 6.07) is 4.84. The minimum atomic E-state index is -3.38. The Morgan fingerprint density at radius 2 is 2.00 bits per heavy atom. The molecule has 0 atom stereocenters. The fourth-order valence-electron chi connectivity index (χ4n) is 2.26. The van der Waals surface area contributed by atoms with E-state index >= 15 is 0 Å². The molecule has 18 heavy (non-hydrogen) atoms. The number of aromatic nitrogens is 1. The molecule has 5 nitrogen and oxygen atoms in total. The van der Waals surface area contributed by atoms with Gasteiger partial charge < -0.3 is 4.42 Å². The summed E-state index contributed by atoms with van der Waals surface area (Å²) in [5, 5.41) is 0. The zero-order valence-electron chi connectivity index (χ0n) is 10.1. The maximum atomic E-state index is 12.3. The third-order valence-electron chi connectivity index (χ3n) is 3.17. The van der Waals surface area contributed by atoms with Gasteiger partial charge in [-0.1, -0.05) is 0 Å². The molecule has 0 unspecified atom stereocenters. The molecule has 1 aliphatic heterocycles. The van der Waals surface area contributed by atoms with E-state index in [2.05, 4.69) is 4.98 Å². The molecule has 96 valence electrons. The number of aryl methyl sites for hydroxylation is 1. The summed E-state index contributed by atoms with van der Waals surface area (Å²) < 4.78 is 31.6. The van der Waals surface area contributed by atoms with Gasteiger partial charge in [0.1, 0.15) is 5.52 Å². The van der Waals surface area contributed by atoms with Crippen molar-refractivity contribution in [3.8, 4) is 0 Å². The lowest BCUT2D eigenvalue weighted by Crippen LogP contribution is -2.27. The lowest BCUT2D eigenvalue weighted by molar-refractivity contribution is 0.477. The van der Waals surface area contributed by atoms with E-state index in [4.69, 9.17) is 4.42 Å². The topological polar surface area (TPSA) is 63.4 Å². The van der Waals surface area contributed by atoms with Crippen LogP contribution in [-0.2, 0) is 10.0 Å². The molecule has 0 N–H and O–H groups in total. The lowest BCUT2D eigenvalue weighted by atomic mass is 10.3. The fraction of sp³-hybridized carbons (Fsp3) is 0.417. The van der Waals surface area contributed by atoms with Gasteiger partial charge in [0.15, 0.2) is 11.5 Å². The van der Waals surface area contributed by atoms with Crippen molar-refractivity contribution < 1.29 is 12.8 Å². The van der Waals surface area contributed by atoms with Gasteiger partial charge in [-0.2, -0.15) is 4.31 Å². The quantitative estimate of drug-likeness (QED) is 0.833. The molecule has 0 saturated carbocycles. The summed E-state index contributed by atoms with van der Waals surface area (Å²) in [4.78, 5) is 4.44. The van der Waals surface area contributed by atoms with Crippen molar-refractivity contribution in [2.45, 2.75) is 24.7 Å². The van der Waals surface area contributed by atoms with Crippen LogP contribution in [0, 0.1) is 6.92 Å². The molecule has 6 heteroatoms. The number of sulfonamides is 1. The first kappa shape index (κ1) is 11.7. The summed E-state index contributed by atoms with van der Waals surface area (Å²) >= 11 is 0. The summed E-state index contributed by atoms with van der Waals surface area (Å²) in [6.07, 6.45) is 1.87. The number of rotatable bonds is 2. The van der Waals surface area contributed by atoms with Crippen molar-refractivity contribution >= 4 is 21.1 Å². The Labute approximate surface area is 105 Å². The summed E-state index contributed by atoms with van der Waals surface area (Å²) in [5.41, 5.74) is 1.21. The van der Waals surface area contributed by atoms with Gasteiger partial charge in [0.25, 0.3) is 0 Å². The van der Waals surface area contributed by atoms with Gasteiger partial charge in [0.2, 0.25) is 10.0 Å². The molecule has 1 saturated heterocycles. The first-order valence-corrected chi connectivity index (χ1v) is 7.39. The van der Waals surface area contributed by atoms with Crippen LogP contribution in [0.3, 0.4) is 0 Å². The summed E-state index contributed by atoms with van der Waals surface area (Å²) in [6.45, 7) is 2.96. The number of hydrogen-bond acceptors (Lipinski definition) is 4. The van der Waals surface area contributed by atoms with E-state index in [1.165, 1.54) is 4.31 Å². The van der Waals surface area contributed by atoms with Crippen molar-refractivity contribution in [2.75, 3.05) is 13.1 Å². The largest absolute Gasteiger partial charge is 0.441 e. The van der Waals surface area contributed by atoms with Crippen LogP contribution >= 0.6 is 0 Å². The second-order valence-corrected chi connectivity index (χ2v) is 6.41. The molecule has 3 rings (SSSR count). The SMILES string of the molecule is Cc1nc2ccc(S(=O)(=O)N3CCCC3)cc2o1. The smallest absolute Gasteiger partial charge is 0.243 e. The first-order valence-electron chi connectivity index (χ1n) is 5.95. The van der Waals surface area contributed by atoms with Gasteiger partial charge in [-0.05, 0) is 25.0 Å². The second kappa shape index (κ2) is 4.07. The Bertz CT molecular complexity index is 684. The van der Waals surface area contributed by atoms with Gasteiger partial charge in [-0.15, -0.1) is 0 Å². The molecular weight excluding hydrogens is 252 g/mol. The molecule has 2 aromatic rings. The van der Waals surface area contributed by atoms with Gasteiger partial charge in [-0.25, -0.2) is 13.4 Å². The Morgan fingerprint density at radius 1 is 1.28 bits per heavy atom. The molecule has 1 aromatic carbocycles. The number of hydrogen-bond donors (Lipinski definition) is 0. The fourth-order valence-corrected chi connectivity index (χ4v) is 3.79. The zero-order valence-corrected chi connectivity index (χ0v) is 10.9. The van der Waals surface area contributed by atoms with Gasteiger partial charge in [0.05, 0.1) is 4.90 Å². The standard InChI is InChI=1S/C12H14N2O3S/c1-9-13-11-5-4-10(8-12(11)17-9)18(15,16)14-6-2-3-7-14/h4-5,8H,2-3,6-7H2,1H3. The van der Waals surface area contributed by atoms with Crippen LogP contribution in [0.2, 0.25) is 0 Å². The minimum Gasteiger partial charge on any atom is -0.441 e. The van der Waals surface area contributed by atoms with E-state index in [1.807, 2.05) is 0 Å². The summed E-state index contributed by atoms with van der Waals surface area (Å²) in [7, 11) is -3.38. The highest BCUT2D eigenvalue weighted by Gasteiger charge is 2.27. The average Bonchev–Trinajstić information content (AvgIpc) is 2.95. The number of oxazole rings is 1. The van der Waals surface area contributed by atoms with Crippen LogP contribution in [0.15, 0.2) is 27.5 Å². The van der Waals surface area contributed by atoms with E-state index in [9.17, 15) is 8.42 Å². The Balaban J connectivity index is 2.07. The van der Waals surface area contributed by atoms with E-state index in [-0.39, 0.29) is 4.90 Å². The monoisotopic (exact) mass is 266 g/mol. The third-order valence-corrected chi connectivity index (χ3v) is 5.06. The molecule has 2 heterocycles. The molecule has 0 aliphatic carbocycles. The number of benzene rings is 1. The highest BCUT2D eigenvalue weighted by atomic mass is 32.2. The van der Waals surface area contributed by atoms with Crippen molar-refractivity contribution in [3.63, 3.8) is 0 Å². The molecule has 0 bridgehead atoms. The lowest BCUT2D eigenvalue weighted by Gasteiger charge is -2.14. The van der Waals surface area contributed by atoms with Crippen LogP contribution in [0.25, 0.3) is 11.1 Å². The Hall–Kier alpha value is -1.40. The van der Waals surface area contributed by atoms with Crippen molar-refractivity contribution in [1.29, 1.82) is 0 Å². The number of nitrogens with zero attached hydrogens (tertiary/aromatic N) is 2. The van der Waals surface area contributed by atoms with Gasteiger partial charge in [-0.3, -0.25) is 0 Å². The Morgan fingerprint density at radius 3 is 2.72 bits per heavy atom. The van der Waals surface area contributed by atoms with E-state index < -0.39 is 10.0 Å². The van der Waals surface area contributed by atoms with Crippen LogP contribution in [-0.4, -0.2) is 30.8 Å². The maximum Gasteiger partial charge on any atom is 0.243 e. The highest BCUT2D eigenvalue weighted by molar-refractivity contribution is 7.89. The predicted octanol–water partition coefficient (Wildman–Crippen LogP) is 1.92. The molecule has 1 aromatic heterocycles. The van der Waals surface area contributed by atoms with Crippen LogP contribution < -0.4 is 0 Å².